The fraction of sp³-hybridized carbons (Fsp3) is 0.538. The minimum absolute atomic E-state index is 0.0622. The zero-order valence-electron chi connectivity index (χ0n) is 10.5. The first-order chi connectivity index (χ1) is 8.63. The number of likely N-dealkylation sites (tertiary alicyclic amines) is 1. The van der Waals surface area contributed by atoms with Crippen molar-refractivity contribution in [2.45, 2.75) is 26.3 Å². The SMILES string of the molecule is CCn1cccc1C(=O)N1CCC[C@H](C(=O)O)C1. The van der Waals surface area contributed by atoms with E-state index >= 15 is 0 Å². The van der Waals surface area contributed by atoms with Crippen LogP contribution in [0.1, 0.15) is 30.3 Å². The van der Waals surface area contributed by atoms with Crippen LogP contribution in [0, 0.1) is 5.92 Å². The zero-order chi connectivity index (χ0) is 13.1. The molecule has 0 aromatic carbocycles. The number of piperidine rings is 1. The first-order valence-corrected chi connectivity index (χ1v) is 6.30. The van der Waals surface area contributed by atoms with Gasteiger partial charge in [0.2, 0.25) is 0 Å². The van der Waals surface area contributed by atoms with Crippen LogP contribution in [0.5, 0.6) is 0 Å². The molecule has 0 radical (unpaired) electrons. The van der Waals surface area contributed by atoms with Gasteiger partial charge in [-0.15, -0.1) is 0 Å². The van der Waals surface area contributed by atoms with Gasteiger partial charge >= 0.3 is 5.97 Å². The molecular formula is C13H18N2O3. The van der Waals surface area contributed by atoms with E-state index in [1.807, 2.05) is 23.8 Å². The number of hydrogen-bond acceptors (Lipinski definition) is 2. The second kappa shape index (κ2) is 5.25. The van der Waals surface area contributed by atoms with Gasteiger partial charge in [-0.05, 0) is 31.9 Å². The Morgan fingerprint density at radius 3 is 2.94 bits per heavy atom. The lowest BCUT2D eigenvalue weighted by atomic mass is 9.98. The average molecular weight is 250 g/mol. The molecule has 1 aromatic rings. The van der Waals surface area contributed by atoms with E-state index in [1.165, 1.54) is 0 Å². The summed E-state index contributed by atoms with van der Waals surface area (Å²) in [5, 5.41) is 9.03. The molecule has 18 heavy (non-hydrogen) atoms. The van der Waals surface area contributed by atoms with Gasteiger partial charge in [0.25, 0.3) is 5.91 Å². The van der Waals surface area contributed by atoms with Crippen molar-refractivity contribution < 1.29 is 14.7 Å². The van der Waals surface area contributed by atoms with Crippen molar-refractivity contribution in [3.8, 4) is 0 Å². The Morgan fingerprint density at radius 2 is 2.28 bits per heavy atom. The third-order valence-corrected chi connectivity index (χ3v) is 3.45. The molecule has 5 nitrogen and oxygen atoms in total. The lowest BCUT2D eigenvalue weighted by molar-refractivity contribution is -0.143. The molecule has 5 heteroatoms. The maximum atomic E-state index is 12.3. The predicted molar refractivity (Wildman–Crippen MR) is 66.4 cm³/mol. The van der Waals surface area contributed by atoms with Gasteiger partial charge in [0.05, 0.1) is 5.92 Å². The zero-order valence-corrected chi connectivity index (χ0v) is 10.5. The lowest BCUT2D eigenvalue weighted by Gasteiger charge is -2.30. The highest BCUT2D eigenvalue weighted by atomic mass is 16.4. The molecule has 0 aliphatic carbocycles. The Bertz CT molecular complexity index is 453. The fourth-order valence-electron chi connectivity index (χ4n) is 2.41. The Morgan fingerprint density at radius 1 is 1.50 bits per heavy atom. The molecule has 1 atom stereocenters. The van der Waals surface area contributed by atoms with Crippen LogP contribution in [0.2, 0.25) is 0 Å². The summed E-state index contributed by atoms with van der Waals surface area (Å²) in [5.41, 5.74) is 0.642. The number of carboxylic acid groups (broad SMARTS) is 1. The highest BCUT2D eigenvalue weighted by Crippen LogP contribution is 2.19. The van der Waals surface area contributed by atoms with E-state index in [0.29, 0.717) is 25.2 Å². The first-order valence-electron chi connectivity index (χ1n) is 6.30. The number of carbonyl (C=O) groups excluding carboxylic acids is 1. The molecule has 1 aliphatic heterocycles. The Hall–Kier alpha value is -1.78. The number of aliphatic carboxylic acids is 1. The molecule has 0 saturated carbocycles. The second-order valence-electron chi connectivity index (χ2n) is 4.61. The van der Waals surface area contributed by atoms with Crippen molar-refractivity contribution in [1.82, 2.24) is 9.47 Å². The van der Waals surface area contributed by atoms with Gasteiger partial charge in [-0.25, -0.2) is 0 Å². The quantitative estimate of drug-likeness (QED) is 0.883. The molecule has 2 rings (SSSR count). The molecule has 0 bridgehead atoms. The van der Waals surface area contributed by atoms with Crippen LogP contribution in [0.15, 0.2) is 18.3 Å². The van der Waals surface area contributed by atoms with Gasteiger partial charge < -0.3 is 14.6 Å². The Kier molecular flexibility index (Phi) is 3.69. The van der Waals surface area contributed by atoms with E-state index < -0.39 is 11.9 Å². The third-order valence-electron chi connectivity index (χ3n) is 3.45. The number of amides is 1. The summed E-state index contributed by atoms with van der Waals surface area (Å²) in [6, 6.07) is 3.63. The van der Waals surface area contributed by atoms with Crippen LogP contribution in [-0.2, 0) is 11.3 Å². The van der Waals surface area contributed by atoms with E-state index in [4.69, 9.17) is 5.11 Å². The summed E-state index contributed by atoms with van der Waals surface area (Å²) < 4.78 is 1.88. The van der Waals surface area contributed by atoms with Crippen LogP contribution in [0.3, 0.4) is 0 Å². The molecular weight excluding hydrogens is 232 g/mol. The fourth-order valence-corrected chi connectivity index (χ4v) is 2.41. The Balaban J connectivity index is 2.11. The molecule has 2 heterocycles. The molecule has 1 fully saturated rings. The molecule has 1 N–H and O–H groups in total. The number of rotatable bonds is 3. The highest BCUT2D eigenvalue weighted by molar-refractivity contribution is 5.93. The molecule has 1 aromatic heterocycles. The van der Waals surface area contributed by atoms with Gasteiger partial charge in [-0.1, -0.05) is 0 Å². The first kappa shape index (κ1) is 12.7. The van der Waals surface area contributed by atoms with Crippen LogP contribution >= 0.6 is 0 Å². The third kappa shape index (κ3) is 2.39. The number of nitrogens with zero attached hydrogens (tertiary/aromatic N) is 2. The number of carboxylic acids is 1. The van der Waals surface area contributed by atoms with Gasteiger partial charge in [0.1, 0.15) is 5.69 Å². The summed E-state index contributed by atoms with van der Waals surface area (Å²) in [4.78, 5) is 25.0. The number of carbonyl (C=O) groups is 2. The summed E-state index contributed by atoms with van der Waals surface area (Å²) in [7, 11) is 0. The summed E-state index contributed by atoms with van der Waals surface area (Å²) in [6.07, 6.45) is 3.29. The van der Waals surface area contributed by atoms with Crippen LogP contribution < -0.4 is 0 Å². The second-order valence-corrected chi connectivity index (χ2v) is 4.61. The van der Waals surface area contributed by atoms with Crippen molar-refractivity contribution in [3.05, 3.63) is 24.0 Å². The van der Waals surface area contributed by atoms with E-state index in [9.17, 15) is 9.59 Å². The summed E-state index contributed by atoms with van der Waals surface area (Å²) >= 11 is 0. The van der Waals surface area contributed by atoms with Crippen molar-refractivity contribution >= 4 is 11.9 Å². The van der Waals surface area contributed by atoms with Crippen molar-refractivity contribution in [3.63, 3.8) is 0 Å². The topological polar surface area (TPSA) is 62.5 Å². The van der Waals surface area contributed by atoms with Crippen LogP contribution in [0.25, 0.3) is 0 Å². The van der Waals surface area contributed by atoms with Crippen molar-refractivity contribution in [1.29, 1.82) is 0 Å². The van der Waals surface area contributed by atoms with Crippen molar-refractivity contribution in [2.24, 2.45) is 5.92 Å². The average Bonchev–Trinajstić information content (AvgIpc) is 2.86. The maximum absolute atomic E-state index is 12.3. The van der Waals surface area contributed by atoms with Gasteiger partial charge in [-0.3, -0.25) is 9.59 Å². The summed E-state index contributed by atoms with van der Waals surface area (Å²) in [6.45, 7) is 3.69. The molecule has 0 unspecified atom stereocenters. The monoisotopic (exact) mass is 250 g/mol. The molecule has 0 spiro atoms. The number of aryl methyl sites for hydroxylation is 1. The largest absolute Gasteiger partial charge is 0.481 e. The Labute approximate surface area is 106 Å². The van der Waals surface area contributed by atoms with Crippen LogP contribution in [0.4, 0.5) is 0 Å². The minimum Gasteiger partial charge on any atom is -0.481 e. The van der Waals surface area contributed by atoms with Crippen LogP contribution in [-0.4, -0.2) is 39.5 Å². The molecule has 1 saturated heterocycles. The van der Waals surface area contributed by atoms with Gasteiger partial charge in [0.15, 0.2) is 0 Å². The van der Waals surface area contributed by atoms with Gasteiger partial charge in [0, 0.05) is 25.8 Å². The molecule has 1 amide bonds. The number of aromatic nitrogens is 1. The molecule has 98 valence electrons. The molecule has 1 aliphatic rings. The number of hydrogen-bond donors (Lipinski definition) is 1. The lowest BCUT2D eigenvalue weighted by Crippen LogP contribution is -2.42. The normalized spacial score (nSPS) is 19.8. The highest BCUT2D eigenvalue weighted by Gasteiger charge is 2.29. The summed E-state index contributed by atoms with van der Waals surface area (Å²) in [5.74, 6) is -1.29. The van der Waals surface area contributed by atoms with E-state index in [2.05, 4.69) is 0 Å². The van der Waals surface area contributed by atoms with E-state index in [-0.39, 0.29) is 5.91 Å². The van der Waals surface area contributed by atoms with E-state index in [1.54, 1.807) is 11.0 Å². The van der Waals surface area contributed by atoms with Crippen molar-refractivity contribution in [2.75, 3.05) is 13.1 Å². The van der Waals surface area contributed by atoms with E-state index in [0.717, 1.165) is 13.0 Å². The maximum Gasteiger partial charge on any atom is 0.308 e. The smallest absolute Gasteiger partial charge is 0.308 e. The standard InChI is InChI=1S/C13H18N2O3/c1-2-14-7-4-6-11(14)12(16)15-8-3-5-10(9-15)13(17)18/h4,6-7,10H,2-3,5,8-9H2,1H3,(H,17,18)/t10-/m0/s1. The van der Waals surface area contributed by atoms with Gasteiger partial charge in [-0.2, -0.15) is 0 Å². The minimum atomic E-state index is -0.807. The predicted octanol–water partition coefficient (Wildman–Crippen LogP) is 1.44.